The first-order valence-electron chi connectivity index (χ1n) is 6.54. The lowest BCUT2D eigenvalue weighted by Crippen LogP contribution is -2.37. The Bertz CT molecular complexity index is 332. The Hall–Kier alpha value is -0.870. The second-order valence-corrected chi connectivity index (χ2v) is 4.79. The van der Waals surface area contributed by atoms with Crippen molar-refractivity contribution in [3.8, 4) is 0 Å². The van der Waals surface area contributed by atoms with Gasteiger partial charge in [0.2, 0.25) is 0 Å². The Labute approximate surface area is 103 Å². The highest BCUT2D eigenvalue weighted by Crippen LogP contribution is 2.18. The Morgan fingerprint density at radius 2 is 2.47 bits per heavy atom. The number of nitrogens with zero attached hydrogens (tertiary/aromatic N) is 1. The topological polar surface area (TPSA) is 47.3 Å². The van der Waals surface area contributed by atoms with Gasteiger partial charge in [-0.05, 0) is 32.1 Å². The van der Waals surface area contributed by atoms with Crippen LogP contribution in [0.4, 0.5) is 0 Å². The normalized spacial score (nSPS) is 22.6. The fourth-order valence-electron chi connectivity index (χ4n) is 2.31. The van der Waals surface area contributed by atoms with Crippen LogP contribution in [0.15, 0.2) is 10.8 Å². The van der Waals surface area contributed by atoms with Gasteiger partial charge < -0.3 is 14.6 Å². The van der Waals surface area contributed by atoms with E-state index in [1.807, 2.05) is 0 Å². The van der Waals surface area contributed by atoms with Gasteiger partial charge in [0.25, 0.3) is 0 Å². The van der Waals surface area contributed by atoms with Crippen LogP contribution in [-0.4, -0.2) is 24.4 Å². The maximum absolute atomic E-state index is 5.51. The molecule has 1 N–H and O–H groups in total. The van der Waals surface area contributed by atoms with Crippen molar-refractivity contribution < 1.29 is 9.26 Å². The summed E-state index contributed by atoms with van der Waals surface area (Å²) in [6.07, 6.45) is 5.12. The van der Waals surface area contributed by atoms with E-state index in [9.17, 15) is 0 Å². The summed E-state index contributed by atoms with van der Waals surface area (Å²) in [5, 5.41) is 7.53. The van der Waals surface area contributed by atoms with Crippen LogP contribution < -0.4 is 5.32 Å². The molecule has 17 heavy (non-hydrogen) atoms. The van der Waals surface area contributed by atoms with Crippen LogP contribution in [0.5, 0.6) is 0 Å². The molecule has 0 spiro atoms. The predicted octanol–water partition coefficient (Wildman–Crippen LogP) is 2.14. The third-order valence-electron chi connectivity index (χ3n) is 3.58. The van der Waals surface area contributed by atoms with Crippen LogP contribution in [0.25, 0.3) is 0 Å². The predicted molar refractivity (Wildman–Crippen MR) is 65.7 cm³/mol. The van der Waals surface area contributed by atoms with Crippen LogP contribution >= 0.6 is 0 Å². The molecule has 96 valence electrons. The van der Waals surface area contributed by atoms with Crippen LogP contribution in [0.1, 0.15) is 37.9 Å². The minimum absolute atomic E-state index is 0.481. The molecule has 0 saturated carbocycles. The summed E-state index contributed by atoms with van der Waals surface area (Å²) in [7, 11) is 0. The van der Waals surface area contributed by atoms with Gasteiger partial charge in [0, 0.05) is 24.8 Å². The fourth-order valence-corrected chi connectivity index (χ4v) is 2.31. The lowest BCUT2D eigenvalue weighted by atomic mass is 9.95. The van der Waals surface area contributed by atoms with Gasteiger partial charge in [-0.1, -0.05) is 12.1 Å². The first kappa shape index (κ1) is 12.6. The largest absolute Gasteiger partial charge is 0.381 e. The number of ether oxygens (including phenoxy) is 1. The average molecular weight is 238 g/mol. The Morgan fingerprint density at radius 3 is 3.18 bits per heavy atom. The van der Waals surface area contributed by atoms with Crippen molar-refractivity contribution in [1.82, 2.24) is 10.5 Å². The van der Waals surface area contributed by atoms with Gasteiger partial charge in [-0.2, -0.15) is 0 Å². The second-order valence-electron chi connectivity index (χ2n) is 4.79. The van der Waals surface area contributed by atoms with Crippen molar-refractivity contribution in [2.24, 2.45) is 5.92 Å². The van der Waals surface area contributed by atoms with Crippen LogP contribution in [0, 0.1) is 5.92 Å². The molecule has 1 fully saturated rings. The molecule has 1 saturated heterocycles. The Kier molecular flexibility index (Phi) is 4.57. The maximum atomic E-state index is 5.51. The zero-order chi connectivity index (χ0) is 12.1. The summed E-state index contributed by atoms with van der Waals surface area (Å²) < 4.78 is 10.5. The van der Waals surface area contributed by atoms with E-state index in [1.54, 1.807) is 6.26 Å². The molecular formula is C13H22N2O2. The van der Waals surface area contributed by atoms with Crippen molar-refractivity contribution in [3.05, 3.63) is 17.5 Å². The Morgan fingerprint density at radius 1 is 1.59 bits per heavy atom. The maximum Gasteiger partial charge on any atom is 0.128 e. The van der Waals surface area contributed by atoms with Gasteiger partial charge in [0.15, 0.2) is 0 Å². The van der Waals surface area contributed by atoms with Gasteiger partial charge in [-0.15, -0.1) is 0 Å². The summed E-state index contributed by atoms with van der Waals surface area (Å²) >= 11 is 0. The summed E-state index contributed by atoms with van der Waals surface area (Å²) in [5.74, 6) is 0.633. The summed E-state index contributed by atoms with van der Waals surface area (Å²) in [4.78, 5) is 0. The molecule has 4 nitrogen and oxygen atoms in total. The van der Waals surface area contributed by atoms with Gasteiger partial charge in [0.05, 0.1) is 12.3 Å². The van der Waals surface area contributed by atoms with Crippen LogP contribution in [-0.2, 0) is 17.7 Å². The van der Waals surface area contributed by atoms with E-state index in [1.165, 1.54) is 18.4 Å². The molecule has 2 unspecified atom stereocenters. The highest BCUT2D eigenvalue weighted by Gasteiger charge is 2.20. The minimum Gasteiger partial charge on any atom is -0.381 e. The van der Waals surface area contributed by atoms with Gasteiger partial charge >= 0.3 is 0 Å². The molecule has 4 heteroatoms. The number of hydrogen-bond donors (Lipinski definition) is 1. The third kappa shape index (κ3) is 3.30. The molecule has 0 bridgehead atoms. The van der Waals surface area contributed by atoms with Crippen LogP contribution in [0.3, 0.4) is 0 Å². The number of aromatic nitrogens is 1. The molecule has 0 aliphatic carbocycles. The zero-order valence-electron chi connectivity index (χ0n) is 10.7. The molecular weight excluding hydrogens is 216 g/mol. The van der Waals surface area contributed by atoms with Gasteiger partial charge in [0.1, 0.15) is 6.26 Å². The lowest BCUT2D eigenvalue weighted by molar-refractivity contribution is 0.0417. The fraction of sp³-hybridized carbons (Fsp3) is 0.769. The molecule has 0 aromatic carbocycles. The van der Waals surface area contributed by atoms with E-state index in [0.717, 1.165) is 31.9 Å². The first-order valence-corrected chi connectivity index (χ1v) is 6.54. The van der Waals surface area contributed by atoms with E-state index >= 15 is 0 Å². The van der Waals surface area contributed by atoms with Crippen molar-refractivity contribution >= 4 is 0 Å². The molecule has 1 aliphatic heterocycles. The smallest absolute Gasteiger partial charge is 0.128 e. The van der Waals surface area contributed by atoms with Crippen molar-refractivity contribution in [3.63, 3.8) is 0 Å². The van der Waals surface area contributed by atoms with E-state index < -0.39 is 0 Å². The minimum atomic E-state index is 0.481. The summed E-state index contributed by atoms with van der Waals surface area (Å²) in [5.41, 5.74) is 2.24. The molecule has 1 aromatic heterocycles. The molecule has 0 amide bonds. The summed E-state index contributed by atoms with van der Waals surface area (Å²) in [6, 6.07) is 0.481. The highest BCUT2D eigenvalue weighted by molar-refractivity contribution is 5.14. The third-order valence-corrected chi connectivity index (χ3v) is 3.58. The SMILES string of the molecule is CCc1nocc1CNC(C)C1CCCOC1. The molecule has 2 rings (SSSR count). The number of aryl methyl sites for hydroxylation is 1. The Balaban J connectivity index is 1.80. The van der Waals surface area contributed by atoms with Crippen LogP contribution in [0.2, 0.25) is 0 Å². The molecule has 2 heterocycles. The van der Waals surface area contributed by atoms with E-state index in [-0.39, 0.29) is 0 Å². The lowest BCUT2D eigenvalue weighted by Gasteiger charge is -2.28. The summed E-state index contributed by atoms with van der Waals surface area (Å²) in [6.45, 7) is 6.98. The van der Waals surface area contributed by atoms with Crippen molar-refractivity contribution in [2.75, 3.05) is 13.2 Å². The standard InChI is InChI=1S/C13H22N2O2/c1-3-13-12(9-17-15-13)7-14-10(2)11-5-4-6-16-8-11/h9-11,14H,3-8H2,1-2H3. The van der Waals surface area contributed by atoms with E-state index in [0.29, 0.717) is 12.0 Å². The molecule has 2 atom stereocenters. The second kappa shape index (κ2) is 6.17. The number of rotatable bonds is 5. The number of hydrogen-bond acceptors (Lipinski definition) is 4. The molecule has 0 radical (unpaired) electrons. The zero-order valence-corrected chi connectivity index (χ0v) is 10.7. The van der Waals surface area contributed by atoms with E-state index in [2.05, 4.69) is 24.3 Å². The highest BCUT2D eigenvalue weighted by atomic mass is 16.5. The monoisotopic (exact) mass is 238 g/mol. The van der Waals surface area contributed by atoms with Crippen molar-refractivity contribution in [1.29, 1.82) is 0 Å². The van der Waals surface area contributed by atoms with Gasteiger partial charge in [-0.25, -0.2) is 0 Å². The number of nitrogens with one attached hydrogen (secondary N) is 1. The average Bonchev–Trinajstić information content (AvgIpc) is 2.84. The molecule has 1 aromatic rings. The quantitative estimate of drug-likeness (QED) is 0.853. The van der Waals surface area contributed by atoms with E-state index in [4.69, 9.17) is 9.26 Å². The first-order chi connectivity index (χ1) is 8.31. The van der Waals surface area contributed by atoms with Gasteiger partial charge in [-0.3, -0.25) is 0 Å². The molecule has 1 aliphatic rings. The van der Waals surface area contributed by atoms with Crippen molar-refractivity contribution in [2.45, 2.75) is 45.7 Å².